The summed E-state index contributed by atoms with van der Waals surface area (Å²) in [4.78, 5) is 0.252. The smallest absolute Gasteiger partial charge is 0.240 e. The third-order valence-electron chi connectivity index (χ3n) is 3.29. The second-order valence-electron chi connectivity index (χ2n) is 4.98. The zero-order valence-electron chi connectivity index (χ0n) is 11.8. The van der Waals surface area contributed by atoms with Crippen molar-refractivity contribution in [3.63, 3.8) is 0 Å². The molecule has 1 aromatic carbocycles. The van der Waals surface area contributed by atoms with E-state index < -0.39 is 10.0 Å². The van der Waals surface area contributed by atoms with Gasteiger partial charge >= 0.3 is 0 Å². The number of aliphatic hydroxyl groups excluding tert-OH is 1. The summed E-state index contributed by atoms with van der Waals surface area (Å²) in [5, 5.41) is 8.67. The second kappa shape index (κ2) is 8.03. The third-order valence-corrected chi connectivity index (χ3v) is 5.96. The van der Waals surface area contributed by atoms with E-state index in [0.29, 0.717) is 31.2 Å². The third kappa shape index (κ3) is 5.18. The van der Waals surface area contributed by atoms with E-state index in [2.05, 4.69) is 4.72 Å². The molecule has 21 heavy (non-hydrogen) atoms. The number of aliphatic hydroxyl groups is 1. The molecule has 1 aliphatic rings. The van der Waals surface area contributed by atoms with Crippen molar-refractivity contribution in [1.82, 2.24) is 4.72 Å². The van der Waals surface area contributed by atoms with E-state index in [1.807, 2.05) is 11.8 Å². The number of hydrogen-bond donors (Lipinski definition) is 2. The Bertz CT molecular complexity index is 524. The van der Waals surface area contributed by atoms with Gasteiger partial charge in [-0.05, 0) is 48.1 Å². The molecule has 1 aromatic rings. The van der Waals surface area contributed by atoms with Gasteiger partial charge in [0.05, 0.1) is 11.5 Å². The number of sulfonamides is 1. The molecule has 0 aromatic heterocycles. The highest BCUT2D eigenvalue weighted by Crippen LogP contribution is 2.23. The summed E-state index contributed by atoms with van der Waals surface area (Å²) in [6.07, 6.45) is 1.63. The van der Waals surface area contributed by atoms with Crippen molar-refractivity contribution < 1.29 is 18.3 Å². The van der Waals surface area contributed by atoms with Gasteiger partial charge < -0.3 is 9.84 Å². The van der Waals surface area contributed by atoms with Crippen molar-refractivity contribution in [1.29, 1.82) is 0 Å². The lowest BCUT2D eigenvalue weighted by Gasteiger charge is -2.11. The van der Waals surface area contributed by atoms with E-state index in [4.69, 9.17) is 9.84 Å². The fourth-order valence-electron chi connectivity index (χ4n) is 2.02. The number of nitrogens with one attached hydrogen (secondary N) is 1. The van der Waals surface area contributed by atoms with Gasteiger partial charge in [0.1, 0.15) is 5.75 Å². The Hall–Kier alpha value is -0.760. The molecule has 1 unspecified atom stereocenters. The number of benzene rings is 1. The average molecular weight is 331 g/mol. The molecule has 0 radical (unpaired) electrons. The van der Waals surface area contributed by atoms with Crippen LogP contribution >= 0.6 is 11.8 Å². The molecule has 0 aliphatic carbocycles. The monoisotopic (exact) mass is 331 g/mol. The summed E-state index contributed by atoms with van der Waals surface area (Å²) >= 11 is 1.87. The SMILES string of the molecule is O=S(=O)(NCC1CCSC1)c1ccc(OCCCO)cc1. The van der Waals surface area contributed by atoms with Crippen molar-refractivity contribution in [2.75, 3.05) is 31.3 Å². The van der Waals surface area contributed by atoms with Crippen LogP contribution in [-0.2, 0) is 10.0 Å². The van der Waals surface area contributed by atoms with E-state index >= 15 is 0 Å². The zero-order chi connectivity index (χ0) is 15.1. The van der Waals surface area contributed by atoms with Crippen LogP contribution in [0.15, 0.2) is 29.2 Å². The quantitative estimate of drug-likeness (QED) is 0.706. The molecule has 1 atom stereocenters. The highest BCUT2D eigenvalue weighted by Gasteiger charge is 2.20. The van der Waals surface area contributed by atoms with Crippen LogP contribution in [0.4, 0.5) is 0 Å². The van der Waals surface area contributed by atoms with Gasteiger partial charge in [0.25, 0.3) is 0 Å². The predicted octanol–water partition coefficient (Wildman–Crippen LogP) is 1.48. The molecule has 1 heterocycles. The number of rotatable bonds is 8. The fourth-order valence-corrected chi connectivity index (χ4v) is 4.43. The first-order chi connectivity index (χ1) is 10.1. The van der Waals surface area contributed by atoms with Crippen LogP contribution in [0.3, 0.4) is 0 Å². The van der Waals surface area contributed by atoms with E-state index in [9.17, 15) is 8.42 Å². The molecule has 0 spiro atoms. The van der Waals surface area contributed by atoms with Crippen molar-refractivity contribution in [3.8, 4) is 5.75 Å². The number of hydrogen-bond acceptors (Lipinski definition) is 5. The van der Waals surface area contributed by atoms with Crippen molar-refractivity contribution in [3.05, 3.63) is 24.3 Å². The van der Waals surface area contributed by atoms with Gasteiger partial charge in [-0.3, -0.25) is 0 Å². The number of ether oxygens (including phenoxy) is 1. The fraction of sp³-hybridized carbons (Fsp3) is 0.571. The van der Waals surface area contributed by atoms with Crippen LogP contribution < -0.4 is 9.46 Å². The largest absolute Gasteiger partial charge is 0.494 e. The summed E-state index contributed by atoms with van der Waals surface area (Å²) in [6, 6.07) is 6.36. The molecular formula is C14H21NO4S2. The van der Waals surface area contributed by atoms with Crippen LogP contribution in [0, 0.1) is 5.92 Å². The molecule has 0 amide bonds. The van der Waals surface area contributed by atoms with E-state index in [-0.39, 0.29) is 11.5 Å². The molecule has 2 N–H and O–H groups in total. The molecule has 0 saturated carbocycles. The maximum Gasteiger partial charge on any atom is 0.240 e. The molecule has 5 nitrogen and oxygen atoms in total. The molecular weight excluding hydrogens is 310 g/mol. The molecule has 1 fully saturated rings. The van der Waals surface area contributed by atoms with Crippen molar-refractivity contribution >= 4 is 21.8 Å². The van der Waals surface area contributed by atoms with Crippen LogP contribution in [0.2, 0.25) is 0 Å². The summed E-state index contributed by atoms with van der Waals surface area (Å²) in [5.74, 6) is 3.19. The first-order valence-corrected chi connectivity index (χ1v) is 9.67. The maximum atomic E-state index is 12.2. The van der Waals surface area contributed by atoms with Crippen LogP contribution in [0.25, 0.3) is 0 Å². The van der Waals surface area contributed by atoms with Gasteiger partial charge in [-0.2, -0.15) is 11.8 Å². The lowest BCUT2D eigenvalue weighted by Crippen LogP contribution is -2.29. The Morgan fingerprint density at radius 2 is 2.10 bits per heavy atom. The molecule has 118 valence electrons. The average Bonchev–Trinajstić information content (AvgIpc) is 3.00. The highest BCUT2D eigenvalue weighted by molar-refractivity contribution is 7.99. The van der Waals surface area contributed by atoms with E-state index in [0.717, 1.165) is 17.9 Å². The lowest BCUT2D eigenvalue weighted by atomic mass is 10.1. The lowest BCUT2D eigenvalue weighted by molar-refractivity contribution is 0.233. The number of thioether (sulfide) groups is 1. The summed E-state index contributed by atoms with van der Waals surface area (Å²) < 4.78 is 32.4. The Morgan fingerprint density at radius 1 is 1.33 bits per heavy atom. The van der Waals surface area contributed by atoms with Gasteiger partial charge in [-0.15, -0.1) is 0 Å². The van der Waals surface area contributed by atoms with Gasteiger partial charge in [0, 0.05) is 19.6 Å². The highest BCUT2D eigenvalue weighted by atomic mass is 32.2. The van der Waals surface area contributed by atoms with Crippen LogP contribution in [0.1, 0.15) is 12.8 Å². The Labute approximate surface area is 130 Å². The Morgan fingerprint density at radius 3 is 2.71 bits per heavy atom. The Kier molecular flexibility index (Phi) is 6.35. The normalized spacial score (nSPS) is 18.8. The molecule has 7 heteroatoms. The van der Waals surface area contributed by atoms with Crippen molar-refractivity contribution in [2.45, 2.75) is 17.7 Å². The molecule has 0 bridgehead atoms. The Balaban J connectivity index is 1.89. The van der Waals surface area contributed by atoms with Crippen LogP contribution in [0.5, 0.6) is 5.75 Å². The van der Waals surface area contributed by atoms with Crippen LogP contribution in [-0.4, -0.2) is 44.8 Å². The van der Waals surface area contributed by atoms with Gasteiger partial charge in [-0.1, -0.05) is 0 Å². The molecule has 1 aliphatic heterocycles. The topological polar surface area (TPSA) is 75.6 Å². The van der Waals surface area contributed by atoms with E-state index in [1.54, 1.807) is 24.3 Å². The first kappa shape index (κ1) is 16.6. The first-order valence-electron chi connectivity index (χ1n) is 7.03. The van der Waals surface area contributed by atoms with Gasteiger partial charge in [-0.25, -0.2) is 13.1 Å². The predicted molar refractivity (Wildman–Crippen MR) is 84.3 cm³/mol. The van der Waals surface area contributed by atoms with Gasteiger partial charge in [0.2, 0.25) is 10.0 Å². The minimum absolute atomic E-state index is 0.0792. The van der Waals surface area contributed by atoms with Gasteiger partial charge in [0.15, 0.2) is 0 Å². The molecule has 2 rings (SSSR count). The summed E-state index contributed by atoms with van der Waals surface area (Å²) in [5.41, 5.74) is 0. The standard InChI is InChI=1S/C14H21NO4S2/c16-7-1-8-19-13-2-4-14(5-3-13)21(17,18)15-10-12-6-9-20-11-12/h2-5,12,15-16H,1,6-11H2. The van der Waals surface area contributed by atoms with Crippen molar-refractivity contribution in [2.24, 2.45) is 5.92 Å². The minimum atomic E-state index is -3.44. The maximum absolute atomic E-state index is 12.2. The zero-order valence-corrected chi connectivity index (χ0v) is 13.5. The molecule has 1 saturated heterocycles. The minimum Gasteiger partial charge on any atom is -0.494 e. The summed E-state index contributed by atoms with van der Waals surface area (Å²) in [7, 11) is -3.44. The summed E-state index contributed by atoms with van der Waals surface area (Å²) in [6.45, 7) is 1.00. The second-order valence-corrected chi connectivity index (χ2v) is 7.90. The van der Waals surface area contributed by atoms with E-state index in [1.165, 1.54) is 0 Å².